The number of aromatic nitrogens is 1. The molecular formula is C11H13F2NO2. The molecule has 1 aromatic heterocycles. The van der Waals surface area contributed by atoms with Crippen molar-refractivity contribution in [2.24, 2.45) is 0 Å². The smallest absolute Gasteiger partial charge is 0.292 e. The molecule has 0 amide bonds. The molecule has 0 atom stereocenters. The highest BCUT2D eigenvalue weighted by Gasteiger charge is 2.45. The van der Waals surface area contributed by atoms with Crippen LogP contribution in [0.4, 0.5) is 8.78 Å². The second kappa shape index (κ2) is 5.53. The summed E-state index contributed by atoms with van der Waals surface area (Å²) in [6.07, 6.45) is 3.29. The number of halogens is 2. The number of ether oxygens (including phenoxy) is 1. The lowest BCUT2D eigenvalue weighted by atomic mass is 9.77. The predicted molar refractivity (Wildman–Crippen MR) is 54.2 cm³/mol. The number of nitrogens with zero attached hydrogens (tertiary/aromatic N) is 1. The van der Waals surface area contributed by atoms with Crippen LogP contribution >= 0.6 is 0 Å². The van der Waals surface area contributed by atoms with E-state index in [4.69, 9.17) is 4.79 Å². The molecule has 0 unspecified atom stereocenters. The van der Waals surface area contributed by atoms with Crippen LogP contribution in [0.3, 0.4) is 0 Å². The first-order valence-electron chi connectivity index (χ1n) is 4.83. The van der Waals surface area contributed by atoms with E-state index in [1.54, 1.807) is 18.5 Å². The molecule has 88 valence electrons. The summed E-state index contributed by atoms with van der Waals surface area (Å²) in [6.45, 7) is 0.375. The molecular weight excluding hydrogens is 216 g/mol. The van der Waals surface area contributed by atoms with E-state index in [1.165, 1.54) is 7.11 Å². The van der Waals surface area contributed by atoms with E-state index in [9.17, 15) is 8.78 Å². The third-order valence-corrected chi connectivity index (χ3v) is 2.34. The Kier molecular flexibility index (Phi) is 4.34. The van der Waals surface area contributed by atoms with Crippen LogP contribution in [0.15, 0.2) is 24.5 Å². The summed E-state index contributed by atoms with van der Waals surface area (Å²) in [5.41, 5.74) is 0.934. The Labute approximate surface area is 92.4 Å². The zero-order chi connectivity index (χ0) is 12.0. The molecule has 1 aliphatic rings. The van der Waals surface area contributed by atoms with Crippen molar-refractivity contribution in [2.45, 2.75) is 24.7 Å². The molecule has 1 heterocycles. The molecule has 1 fully saturated rings. The molecule has 3 nitrogen and oxygen atoms in total. The fourth-order valence-corrected chi connectivity index (χ4v) is 1.51. The van der Waals surface area contributed by atoms with E-state index in [2.05, 4.69) is 9.72 Å². The van der Waals surface area contributed by atoms with Gasteiger partial charge in [-0.2, -0.15) is 0 Å². The summed E-state index contributed by atoms with van der Waals surface area (Å²) in [5, 5.41) is 0. The minimum Gasteiger partial charge on any atom is -0.471 e. The Morgan fingerprint density at radius 2 is 2.19 bits per heavy atom. The van der Waals surface area contributed by atoms with Crippen molar-refractivity contribution in [3.63, 3.8) is 0 Å². The standard InChI is InChI=1S/C9H9F2N.C2H4O2/c10-9(11)4-8(5-9)7-2-1-3-12-6-7;1-4-2-3/h1-3,6,8H,4-5H2;2H,1H3. The van der Waals surface area contributed by atoms with Gasteiger partial charge in [0, 0.05) is 25.2 Å². The van der Waals surface area contributed by atoms with Gasteiger partial charge >= 0.3 is 0 Å². The number of methoxy groups -OCH3 is 1. The van der Waals surface area contributed by atoms with Gasteiger partial charge < -0.3 is 4.74 Å². The van der Waals surface area contributed by atoms with E-state index in [0.717, 1.165) is 5.56 Å². The Bertz CT molecular complexity index is 322. The van der Waals surface area contributed by atoms with Gasteiger partial charge in [-0.15, -0.1) is 0 Å². The first-order chi connectivity index (χ1) is 7.59. The van der Waals surface area contributed by atoms with Crippen molar-refractivity contribution < 1.29 is 18.3 Å². The van der Waals surface area contributed by atoms with Crippen LogP contribution in [0.1, 0.15) is 24.3 Å². The molecule has 0 radical (unpaired) electrons. The first-order valence-corrected chi connectivity index (χ1v) is 4.83. The van der Waals surface area contributed by atoms with E-state index < -0.39 is 5.92 Å². The average molecular weight is 229 g/mol. The molecule has 1 aromatic rings. The number of hydrogen-bond acceptors (Lipinski definition) is 3. The minimum atomic E-state index is -2.43. The second-order valence-corrected chi connectivity index (χ2v) is 3.58. The molecule has 5 heteroatoms. The molecule has 0 bridgehead atoms. The largest absolute Gasteiger partial charge is 0.471 e. The highest BCUT2D eigenvalue weighted by Crippen LogP contribution is 2.47. The fourth-order valence-electron chi connectivity index (χ4n) is 1.51. The maximum Gasteiger partial charge on any atom is 0.292 e. The lowest BCUT2D eigenvalue weighted by Gasteiger charge is -2.34. The lowest BCUT2D eigenvalue weighted by Crippen LogP contribution is -2.33. The molecule has 0 N–H and O–H groups in total. The topological polar surface area (TPSA) is 39.2 Å². The van der Waals surface area contributed by atoms with Gasteiger partial charge in [0.2, 0.25) is 5.92 Å². The zero-order valence-electron chi connectivity index (χ0n) is 8.90. The second-order valence-electron chi connectivity index (χ2n) is 3.58. The van der Waals surface area contributed by atoms with Gasteiger partial charge in [0.15, 0.2) is 0 Å². The van der Waals surface area contributed by atoms with Crippen LogP contribution in [0.5, 0.6) is 0 Å². The molecule has 1 saturated carbocycles. The van der Waals surface area contributed by atoms with Crippen LogP contribution in [-0.4, -0.2) is 24.5 Å². The summed E-state index contributed by atoms with van der Waals surface area (Å²) in [6, 6.07) is 3.64. The van der Waals surface area contributed by atoms with Crippen LogP contribution in [0.2, 0.25) is 0 Å². The third kappa shape index (κ3) is 3.56. The highest BCUT2D eigenvalue weighted by molar-refractivity contribution is 5.36. The summed E-state index contributed by atoms with van der Waals surface area (Å²) in [5.74, 6) is -2.41. The van der Waals surface area contributed by atoms with E-state index in [0.29, 0.717) is 6.47 Å². The molecule has 0 spiro atoms. The van der Waals surface area contributed by atoms with Crippen molar-refractivity contribution in [1.82, 2.24) is 4.98 Å². The van der Waals surface area contributed by atoms with Crippen LogP contribution in [0.25, 0.3) is 0 Å². The molecule has 1 aliphatic carbocycles. The maximum absolute atomic E-state index is 12.5. The Hall–Kier alpha value is -1.52. The van der Waals surface area contributed by atoms with E-state index in [-0.39, 0.29) is 18.8 Å². The van der Waals surface area contributed by atoms with Crippen molar-refractivity contribution in [1.29, 1.82) is 0 Å². The van der Waals surface area contributed by atoms with Gasteiger partial charge in [-0.25, -0.2) is 8.78 Å². The van der Waals surface area contributed by atoms with E-state index in [1.807, 2.05) is 6.07 Å². The monoisotopic (exact) mass is 229 g/mol. The first kappa shape index (κ1) is 12.5. The number of alkyl halides is 2. The quantitative estimate of drug-likeness (QED) is 0.731. The van der Waals surface area contributed by atoms with E-state index >= 15 is 0 Å². The summed E-state index contributed by atoms with van der Waals surface area (Å²) in [4.78, 5) is 12.8. The van der Waals surface area contributed by atoms with Crippen molar-refractivity contribution >= 4 is 6.47 Å². The number of pyridine rings is 1. The van der Waals surface area contributed by atoms with Gasteiger partial charge in [-0.05, 0) is 17.5 Å². The summed E-state index contributed by atoms with van der Waals surface area (Å²) in [7, 11) is 1.31. The van der Waals surface area contributed by atoms with Gasteiger partial charge in [0.25, 0.3) is 6.47 Å². The van der Waals surface area contributed by atoms with Crippen molar-refractivity contribution in [3.05, 3.63) is 30.1 Å². The van der Waals surface area contributed by atoms with Crippen molar-refractivity contribution in [3.8, 4) is 0 Å². The Balaban J connectivity index is 0.000000280. The van der Waals surface area contributed by atoms with Crippen LogP contribution < -0.4 is 0 Å². The molecule has 16 heavy (non-hydrogen) atoms. The number of carbonyl (C=O) groups is 1. The number of hydrogen-bond donors (Lipinski definition) is 0. The SMILES string of the molecule is COC=O.FC1(F)CC(c2cccnc2)C1. The summed E-state index contributed by atoms with van der Waals surface area (Å²) < 4.78 is 28.8. The van der Waals surface area contributed by atoms with Gasteiger partial charge in [0.1, 0.15) is 0 Å². The minimum absolute atomic E-state index is 0.0152. The predicted octanol–water partition coefficient (Wildman–Crippen LogP) is 2.38. The highest BCUT2D eigenvalue weighted by atomic mass is 19.3. The molecule has 2 rings (SSSR count). The normalized spacial score (nSPS) is 17.7. The van der Waals surface area contributed by atoms with Crippen LogP contribution in [-0.2, 0) is 9.53 Å². The fraction of sp³-hybridized carbons (Fsp3) is 0.455. The molecule has 0 aromatic carbocycles. The Morgan fingerprint density at radius 1 is 1.56 bits per heavy atom. The molecule has 0 aliphatic heterocycles. The van der Waals surface area contributed by atoms with Crippen molar-refractivity contribution in [2.75, 3.05) is 7.11 Å². The zero-order valence-corrected chi connectivity index (χ0v) is 8.90. The van der Waals surface area contributed by atoms with Crippen LogP contribution in [0, 0.1) is 0 Å². The maximum atomic E-state index is 12.5. The Morgan fingerprint density at radius 3 is 2.56 bits per heavy atom. The third-order valence-electron chi connectivity index (χ3n) is 2.34. The van der Waals surface area contributed by atoms with Gasteiger partial charge in [-0.1, -0.05) is 6.07 Å². The lowest BCUT2D eigenvalue weighted by molar-refractivity contribution is -0.126. The average Bonchev–Trinajstić information content (AvgIpc) is 2.27. The molecule has 0 saturated heterocycles. The number of rotatable bonds is 2. The number of carbonyl (C=O) groups excluding carboxylic acids is 1. The summed E-state index contributed by atoms with van der Waals surface area (Å²) >= 11 is 0. The van der Waals surface area contributed by atoms with Gasteiger partial charge in [-0.3, -0.25) is 9.78 Å². The van der Waals surface area contributed by atoms with Gasteiger partial charge in [0.05, 0.1) is 7.11 Å².